The molecule has 0 aromatic rings. The SMILES string of the molecule is O=C(CN1CCCC1C1CCCCC1O)NC1CCOCC1. The third-order valence-corrected chi connectivity index (χ3v) is 5.62. The summed E-state index contributed by atoms with van der Waals surface area (Å²) in [6.45, 7) is 3.00. The van der Waals surface area contributed by atoms with Gasteiger partial charge in [0.1, 0.15) is 0 Å². The second-order valence-corrected chi connectivity index (χ2v) is 7.15. The molecule has 5 nitrogen and oxygen atoms in total. The lowest BCUT2D eigenvalue weighted by Crippen LogP contribution is -2.48. The Morgan fingerprint density at radius 3 is 2.64 bits per heavy atom. The molecular formula is C17H30N2O3. The molecular weight excluding hydrogens is 280 g/mol. The van der Waals surface area contributed by atoms with E-state index < -0.39 is 0 Å². The lowest BCUT2D eigenvalue weighted by Gasteiger charge is -2.37. The van der Waals surface area contributed by atoms with Crippen molar-refractivity contribution in [1.82, 2.24) is 10.2 Å². The number of carbonyl (C=O) groups excluding carboxylic acids is 1. The van der Waals surface area contributed by atoms with E-state index >= 15 is 0 Å². The number of hydrogen-bond acceptors (Lipinski definition) is 4. The Bertz CT molecular complexity index is 371. The quantitative estimate of drug-likeness (QED) is 0.821. The molecule has 5 heteroatoms. The van der Waals surface area contributed by atoms with Crippen molar-refractivity contribution in [2.45, 2.75) is 69.6 Å². The number of nitrogens with zero attached hydrogens (tertiary/aromatic N) is 1. The standard InChI is InChI=1S/C17H30N2O3/c20-16-6-2-1-4-14(16)15-5-3-9-19(15)12-17(21)18-13-7-10-22-11-8-13/h13-16,20H,1-12H2,(H,18,21). The van der Waals surface area contributed by atoms with E-state index in [0.717, 1.165) is 64.7 Å². The maximum atomic E-state index is 12.3. The summed E-state index contributed by atoms with van der Waals surface area (Å²) in [6.07, 6.45) is 8.39. The summed E-state index contributed by atoms with van der Waals surface area (Å²) >= 11 is 0. The predicted octanol–water partition coefficient (Wildman–Crippen LogP) is 1.30. The van der Waals surface area contributed by atoms with Gasteiger partial charge in [-0.15, -0.1) is 0 Å². The average Bonchev–Trinajstić information content (AvgIpc) is 2.96. The first kappa shape index (κ1) is 16.2. The maximum Gasteiger partial charge on any atom is 0.234 e. The van der Waals surface area contributed by atoms with Crippen LogP contribution in [0.3, 0.4) is 0 Å². The highest BCUT2D eigenvalue weighted by Gasteiger charge is 2.37. The van der Waals surface area contributed by atoms with Crippen LogP contribution in [0.5, 0.6) is 0 Å². The Balaban J connectivity index is 1.50. The molecule has 0 aromatic carbocycles. The van der Waals surface area contributed by atoms with Crippen LogP contribution in [0.25, 0.3) is 0 Å². The van der Waals surface area contributed by atoms with Gasteiger partial charge in [-0.3, -0.25) is 9.69 Å². The Hall–Kier alpha value is -0.650. The van der Waals surface area contributed by atoms with Crippen LogP contribution < -0.4 is 5.32 Å². The van der Waals surface area contributed by atoms with E-state index in [9.17, 15) is 9.90 Å². The summed E-state index contributed by atoms with van der Waals surface area (Å²) in [5.41, 5.74) is 0. The van der Waals surface area contributed by atoms with E-state index in [1.807, 2.05) is 0 Å². The van der Waals surface area contributed by atoms with Gasteiger partial charge in [0.2, 0.25) is 5.91 Å². The van der Waals surface area contributed by atoms with Crippen molar-refractivity contribution in [2.75, 3.05) is 26.3 Å². The number of amides is 1. The number of ether oxygens (including phenoxy) is 1. The van der Waals surface area contributed by atoms with Crippen LogP contribution in [-0.2, 0) is 9.53 Å². The van der Waals surface area contributed by atoms with Crippen LogP contribution in [0.15, 0.2) is 0 Å². The first-order valence-electron chi connectivity index (χ1n) is 9.03. The van der Waals surface area contributed by atoms with E-state index in [2.05, 4.69) is 10.2 Å². The second kappa shape index (κ2) is 7.75. The minimum atomic E-state index is -0.169. The first-order chi connectivity index (χ1) is 10.7. The molecule has 2 aliphatic heterocycles. The van der Waals surface area contributed by atoms with Crippen LogP contribution >= 0.6 is 0 Å². The fourth-order valence-electron chi connectivity index (χ4n) is 4.42. The molecule has 3 fully saturated rings. The van der Waals surface area contributed by atoms with Gasteiger partial charge < -0.3 is 15.2 Å². The number of aliphatic hydroxyl groups excluding tert-OH is 1. The van der Waals surface area contributed by atoms with Crippen LogP contribution in [-0.4, -0.2) is 60.4 Å². The van der Waals surface area contributed by atoms with E-state index in [1.165, 1.54) is 6.42 Å². The van der Waals surface area contributed by atoms with Gasteiger partial charge in [-0.2, -0.15) is 0 Å². The fraction of sp³-hybridized carbons (Fsp3) is 0.941. The normalized spacial score (nSPS) is 34.7. The first-order valence-corrected chi connectivity index (χ1v) is 9.03. The molecule has 1 saturated carbocycles. The van der Waals surface area contributed by atoms with E-state index in [-0.39, 0.29) is 18.1 Å². The van der Waals surface area contributed by atoms with Crippen molar-refractivity contribution in [2.24, 2.45) is 5.92 Å². The monoisotopic (exact) mass is 310 g/mol. The van der Waals surface area contributed by atoms with Crippen molar-refractivity contribution in [3.63, 3.8) is 0 Å². The van der Waals surface area contributed by atoms with Gasteiger partial charge in [0.15, 0.2) is 0 Å². The molecule has 0 spiro atoms. The molecule has 3 aliphatic rings. The van der Waals surface area contributed by atoms with Crippen molar-refractivity contribution < 1.29 is 14.6 Å². The summed E-state index contributed by atoms with van der Waals surface area (Å²) < 4.78 is 5.33. The van der Waals surface area contributed by atoms with Gasteiger partial charge in [0.05, 0.1) is 12.6 Å². The minimum Gasteiger partial charge on any atom is -0.393 e. The van der Waals surface area contributed by atoms with Crippen LogP contribution in [0, 0.1) is 5.92 Å². The lowest BCUT2D eigenvalue weighted by molar-refractivity contribution is -0.124. The Morgan fingerprint density at radius 1 is 1.09 bits per heavy atom. The summed E-state index contributed by atoms with van der Waals surface area (Å²) in [4.78, 5) is 14.6. The Morgan fingerprint density at radius 2 is 1.86 bits per heavy atom. The number of rotatable bonds is 4. The highest BCUT2D eigenvalue weighted by molar-refractivity contribution is 5.78. The second-order valence-electron chi connectivity index (χ2n) is 7.15. The number of carbonyl (C=O) groups is 1. The predicted molar refractivity (Wildman–Crippen MR) is 84.5 cm³/mol. The number of aliphatic hydroxyl groups is 1. The molecule has 22 heavy (non-hydrogen) atoms. The molecule has 126 valence electrons. The third kappa shape index (κ3) is 4.00. The molecule has 2 N–H and O–H groups in total. The zero-order valence-corrected chi connectivity index (χ0v) is 13.5. The van der Waals surface area contributed by atoms with E-state index in [1.54, 1.807) is 0 Å². The zero-order valence-electron chi connectivity index (χ0n) is 13.5. The lowest BCUT2D eigenvalue weighted by atomic mass is 9.80. The Kier molecular flexibility index (Phi) is 5.71. The van der Waals surface area contributed by atoms with Gasteiger partial charge in [-0.05, 0) is 45.1 Å². The zero-order chi connectivity index (χ0) is 15.4. The van der Waals surface area contributed by atoms with Crippen LogP contribution in [0.2, 0.25) is 0 Å². The average molecular weight is 310 g/mol. The molecule has 0 aromatic heterocycles. The van der Waals surface area contributed by atoms with E-state index in [0.29, 0.717) is 18.5 Å². The van der Waals surface area contributed by atoms with Crippen LogP contribution in [0.4, 0.5) is 0 Å². The molecule has 1 amide bonds. The van der Waals surface area contributed by atoms with E-state index in [4.69, 9.17) is 4.74 Å². The molecule has 2 saturated heterocycles. The summed E-state index contributed by atoms with van der Waals surface area (Å²) in [5, 5.41) is 13.5. The Labute approximate surface area is 133 Å². The summed E-state index contributed by atoms with van der Waals surface area (Å²) in [5.74, 6) is 0.510. The molecule has 2 heterocycles. The van der Waals surface area contributed by atoms with Crippen molar-refractivity contribution in [3.05, 3.63) is 0 Å². The van der Waals surface area contributed by atoms with Gasteiger partial charge in [0.25, 0.3) is 0 Å². The van der Waals surface area contributed by atoms with Crippen LogP contribution in [0.1, 0.15) is 51.4 Å². The molecule has 0 radical (unpaired) electrons. The summed E-state index contributed by atoms with van der Waals surface area (Å²) in [7, 11) is 0. The number of nitrogens with one attached hydrogen (secondary N) is 1. The minimum absolute atomic E-state index is 0.143. The molecule has 3 rings (SSSR count). The smallest absolute Gasteiger partial charge is 0.234 e. The van der Waals surface area contributed by atoms with Gasteiger partial charge in [-0.1, -0.05) is 12.8 Å². The van der Waals surface area contributed by atoms with Crippen molar-refractivity contribution in [3.8, 4) is 0 Å². The third-order valence-electron chi connectivity index (χ3n) is 5.62. The molecule has 3 unspecified atom stereocenters. The largest absolute Gasteiger partial charge is 0.393 e. The topological polar surface area (TPSA) is 61.8 Å². The number of likely N-dealkylation sites (tertiary alicyclic amines) is 1. The van der Waals surface area contributed by atoms with Gasteiger partial charge >= 0.3 is 0 Å². The molecule has 1 aliphatic carbocycles. The highest BCUT2D eigenvalue weighted by atomic mass is 16.5. The molecule has 3 atom stereocenters. The van der Waals surface area contributed by atoms with Crippen molar-refractivity contribution in [1.29, 1.82) is 0 Å². The highest BCUT2D eigenvalue weighted by Crippen LogP contribution is 2.34. The van der Waals surface area contributed by atoms with Gasteiger partial charge in [0, 0.05) is 31.2 Å². The van der Waals surface area contributed by atoms with Gasteiger partial charge in [-0.25, -0.2) is 0 Å². The maximum absolute atomic E-state index is 12.3. The number of hydrogen-bond donors (Lipinski definition) is 2. The summed E-state index contributed by atoms with van der Waals surface area (Å²) in [6, 6.07) is 0.679. The fourth-order valence-corrected chi connectivity index (χ4v) is 4.42. The molecule has 0 bridgehead atoms. The van der Waals surface area contributed by atoms with Crippen molar-refractivity contribution >= 4 is 5.91 Å².